The van der Waals surface area contributed by atoms with E-state index in [4.69, 9.17) is 19.4 Å². The molecule has 0 amide bonds. The van der Waals surface area contributed by atoms with Crippen molar-refractivity contribution in [3.8, 4) is 45.3 Å². The van der Waals surface area contributed by atoms with Crippen molar-refractivity contribution in [3.05, 3.63) is 188 Å². The Morgan fingerprint density at radius 2 is 1.09 bits per heavy atom. The van der Waals surface area contributed by atoms with Crippen LogP contribution in [0.5, 0.6) is 0 Å². The first-order chi connectivity index (χ1) is 28.3. The average molecular weight is 749 g/mol. The molecule has 1 aliphatic heterocycles. The maximum Gasteiger partial charge on any atom is 0.167 e. The van der Waals surface area contributed by atoms with Crippen molar-refractivity contribution in [1.29, 1.82) is 0 Å². The summed E-state index contributed by atoms with van der Waals surface area (Å²) in [5.74, 6) is 2.05. The molecule has 6 heteroatoms. The molecule has 2 aliphatic rings. The van der Waals surface area contributed by atoms with Gasteiger partial charge in [0.25, 0.3) is 0 Å². The summed E-state index contributed by atoms with van der Waals surface area (Å²) in [6.45, 7) is 0. The molecule has 0 saturated heterocycles. The highest BCUT2D eigenvalue weighted by molar-refractivity contribution is 8.00. The van der Waals surface area contributed by atoms with Gasteiger partial charge in [-0.05, 0) is 59.2 Å². The molecule has 2 unspecified atom stereocenters. The van der Waals surface area contributed by atoms with E-state index in [1.54, 1.807) is 0 Å². The monoisotopic (exact) mass is 748 g/mol. The number of aromatic nitrogens is 4. The van der Waals surface area contributed by atoms with E-state index >= 15 is 0 Å². The van der Waals surface area contributed by atoms with Crippen LogP contribution < -0.4 is 0 Å². The molecule has 57 heavy (non-hydrogen) atoms. The highest BCUT2D eigenvalue weighted by atomic mass is 32.2. The highest BCUT2D eigenvalue weighted by Crippen LogP contribution is 2.54. The summed E-state index contributed by atoms with van der Waals surface area (Å²) in [5.41, 5.74) is 11.8. The van der Waals surface area contributed by atoms with E-state index in [1.807, 2.05) is 72.4 Å². The van der Waals surface area contributed by atoms with Crippen molar-refractivity contribution in [3.63, 3.8) is 0 Å². The van der Waals surface area contributed by atoms with Crippen LogP contribution >= 0.6 is 11.8 Å². The number of benzene rings is 7. The normalized spacial score (nSPS) is 16.0. The molecule has 1 aliphatic carbocycles. The molecule has 4 heterocycles. The lowest BCUT2D eigenvalue weighted by Crippen LogP contribution is -2.12. The third-order valence-electron chi connectivity index (χ3n) is 11.4. The number of allylic oxidation sites excluding steroid dienone is 3. The van der Waals surface area contributed by atoms with Crippen molar-refractivity contribution in [2.45, 2.75) is 16.1 Å². The van der Waals surface area contributed by atoms with Crippen molar-refractivity contribution < 1.29 is 4.42 Å². The second kappa shape index (κ2) is 12.8. The third kappa shape index (κ3) is 5.07. The van der Waals surface area contributed by atoms with E-state index < -0.39 is 0 Å². The van der Waals surface area contributed by atoms with Crippen LogP contribution in [0.3, 0.4) is 0 Å². The molecule has 0 saturated carbocycles. The molecular formula is C51H32N4OS. The summed E-state index contributed by atoms with van der Waals surface area (Å²) >= 11 is 1.96. The van der Waals surface area contributed by atoms with Gasteiger partial charge in [-0.25, -0.2) is 15.0 Å². The zero-order valence-corrected chi connectivity index (χ0v) is 31.4. The second-order valence-electron chi connectivity index (χ2n) is 14.6. The van der Waals surface area contributed by atoms with Crippen LogP contribution in [0.1, 0.15) is 11.5 Å². The van der Waals surface area contributed by atoms with Crippen molar-refractivity contribution in [1.82, 2.24) is 19.5 Å². The van der Waals surface area contributed by atoms with Crippen molar-refractivity contribution >= 4 is 61.2 Å². The first kappa shape index (κ1) is 32.2. The summed E-state index contributed by atoms with van der Waals surface area (Å²) in [6, 6.07) is 57.1. The van der Waals surface area contributed by atoms with Gasteiger partial charge in [-0.2, -0.15) is 0 Å². The van der Waals surface area contributed by atoms with Crippen LogP contribution in [0.25, 0.3) is 94.7 Å². The van der Waals surface area contributed by atoms with Gasteiger partial charge < -0.3 is 8.98 Å². The third-order valence-corrected chi connectivity index (χ3v) is 12.7. The molecule has 3 aromatic heterocycles. The van der Waals surface area contributed by atoms with E-state index in [-0.39, 0.29) is 11.2 Å². The lowest BCUT2D eigenvalue weighted by molar-refractivity contribution is 0.669. The molecule has 0 fully saturated rings. The quantitative estimate of drug-likeness (QED) is 0.175. The summed E-state index contributed by atoms with van der Waals surface area (Å²) < 4.78 is 9.24. The fraction of sp³-hybridized carbons (Fsp3) is 0.0392. The zero-order valence-electron chi connectivity index (χ0n) is 30.6. The number of rotatable bonds is 5. The Kier molecular flexibility index (Phi) is 7.22. The minimum absolute atomic E-state index is 0.236. The molecule has 5 nitrogen and oxygen atoms in total. The van der Waals surface area contributed by atoms with Crippen LogP contribution in [0, 0.1) is 0 Å². The van der Waals surface area contributed by atoms with Crippen LogP contribution in [0.4, 0.5) is 0 Å². The molecule has 10 aromatic rings. The van der Waals surface area contributed by atoms with Gasteiger partial charge in [-0.1, -0.05) is 140 Å². The molecule has 7 aromatic carbocycles. The maximum atomic E-state index is 6.81. The minimum Gasteiger partial charge on any atom is -0.455 e. The number of hydrogen-bond acceptors (Lipinski definition) is 5. The summed E-state index contributed by atoms with van der Waals surface area (Å²) in [5, 5.41) is 4.96. The molecule has 0 N–H and O–H groups in total. The number of para-hydroxylation sites is 3. The largest absolute Gasteiger partial charge is 0.455 e. The van der Waals surface area contributed by atoms with Crippen molar-refractivity contribution in [2.75, 3.05) is 0 Å². The maximum absolute atomic E-state index is 6.81. The first-order valence-electron chi connectivity index (χ1n) is 19.3. The Morgan fingerprint density at radius 1 is 0.509 bits per heavy atom. The lowest BCUT2D eigenvalue weighted by Gasteiger charge is -2.22. The first-order valence-corrected chi connectivity index (χ1v) is 20.1. The number of thioether (sulfide) groups is 1. The standard InChI is InChI=1S/C51H32N4OS/c1-3-14-31(15-4-1)49-52-50(32-16-5-2-6-17-32)54-51(53-49)40-23-11-22-39-46-36(20-12-26-43(46)56-48(39)40)37-21-13-27-44-47(37)38-29-28-33(30-45(38)57-44)55-41-24-9-7-18-34(41)35-19-8-10-25-42(35)55/h1-30,38,45H. The average Bonchev–Trinajstić information content (AvgIpc) is 3.96. The fourth-order valence-electron chi connectivity index (χ4n) is 8.91. The van der Waals surface area contributed by atoms with E-state index in [9.17, 15) is 0 Å². The molecule has 12 rings (SSSR count). The Hall–Kier alpha value is -7.02. The highest BCUT2D eigenvalue weighted by Gasteiger charge is 2.35. The Bertz CT molecular complexity index is 3180. The van der Waals surface area contributed by atoms with Gasteiger partial charge in [0, 0.05) is 54.4 Å². The molecule has 0 bridgehead atoms. The van der Waals surface area contributed by atoms with Gasteiger partial charge in [-0.15, -0.1) is 11.8 Å². The predicted octanol–water partition coefficient (Wildman–Crippen LogP) is 13.2. The van der Waals surface area contributed by atoms with Gasteiger partial charge >= 0.3 is 0 Å². The van der Waals surface area contributed by atoms with Gasteiger partial charge in [0.2, 0.25) is 0 Å². The summed E-state index contributed by atoms with van der Waals surface area (Å²) in [6.07, 6.45) is 7.22. The van der Waals surface area contributed by atoms with Gasteiger partial charge in [0.1, 0.15) is 11.2 Å². The zero-order chi connectivity index (χ0) is 37.5. The smallest absolute Gasteiger partial charge is 0.167 e. The minimum atomic E-state index is 0.236. The van der Waals surface area contributed by atoms with E-state index in [2.05, 4.69) is 126 Å². The predicted molar refractivity (Wildman–Crippen MR) is 234 cm³/mol. The van der Waals surface area contributed by atoms with Gasteiger partial charge in [-0.3, -0.25) is 0 Å². The number of fused-ring (bicyclic) bond motifs is 9. The van der Waals surface area contributed by atoms with E-state index in [0.29, 0.717) is 17.5 Å². The Morgan fingerprint density at radius 3 is 1.81 bits per heavy atom. The Labute approximate surface area is 332 Å². The second-order valence-corrected chi connectivity index (χ2v) is 15.9. The van der Waals surface area contributed by atoms with Crippen LogP contribution in [-0.2, 0) is 0 Å². The number of hydrogen-bond donors (Lipinski definition) is 0. The molecule has 268 valence electrons. The van der Waals surface area contributed by atoms with Crippen LogP contribution in [-0.4, -0.2) is 24.8 Å². The molecule has 0 radical (unpaired) electrons. The molecular weight excluding hydrogens is 717 g/mol. The summed E-state index contributed by atoms with van der Waals surface area (Å²) in [7, 11) is 0. The van der Waals surface area contributed by atoms with Gasteiger partial charge in [0.05, 0.1) is 16.6 Å². The molecule has 0 spiro atoms. The topological polar surface area (TPSA) is 56.7 Å². The molecule has 2 atom stereocenters. The summed E-state index contributed by atoms with van der Waals surface area (Å²) in [4.78, 5) is 16.3. The van der Waals surface area contributed by atoms with Gasteiger partial charge in [0.15, 0.2) is 17.5 Å². The van der Waals surface area contributed by atoms with E-state index in [0.717, 1.165) is 44.2 Å². The number of furan rings is 1. The van der Waals surface area contributed by atoms with Crippen LogP contribution in [0.2, 0.25) is 0 Å². The lowest BCUT2D eigenvalue weighted by atomic mass is 9.85. The Balaban J connectivity index is 0.985. The SMILES string of the molecule is C1=CC2c3c(cccc3-c3cccc4oc5c(-c6nc(-c7ccccc7)nc(-c7ccccc7)n6)cccc5c34)SC2C=C1n1c2ccccc2c2ccccc21. The van der Waals surface area contributed by atoms with E-state index in [1.165, 1.54) is 43.5 Å². The number of nitrogens with zero attached hydrogens (tertiary/aromatic N) is 4. The van der Waals surface area contributed by atoms with Crippen molar-refractivity contribution in [2.24, 2.45) is 0 Å². The fourth-order valence-corrected chi connectivity index (χ4v) is 10.3. The van der Waals surface area contributed by atoms with Crippen LogP contribution in [0.15, 0.2) is 191 Å².